The molecule has 0 unspecified atom stereocenters. The summed E-state index contributed by atoms with van der Waals surface area (Å²) in [7, 11) is 1.92. The van der Waals surface area contributed by atoms with Crippen molar-refractivity contribution in [3.63, 3.8) is 0 Å². The Labute approximate surface area is 135 Å². The van der Waals surface area contributed by atoms with Gasteiger partial charge in [-0.2, -0.15) is 0 Å². The number of fused-ring (bicyclic) bond motifs is 1. The number of hydrogen-bond donors (Lipinski definition) is 3. The van der Waals surface area contributed by atoms with Gasteiger partial charge in [0.15, 0.2) is 0 Å². The van der Waals surface area contributed by atoms with Crippen molar-refractivity contribution >= 4 is 17.5 Å². The minimum Gasteiger partial charge on any atom is -0.511 e. The fraction of sp³-hybridized carbons (Fsp3) is 0.412. The molecular weight excluding hydrogens is 294 g/mol. The summed E-state index contributed by atoms with van der Waals surface area (Å²) in [5, 5.41) is 15.9. The minimum atomic E-state index is -0.572. The highest BCUT2D eigenvalue weighted by molar-refractivity contribution is 6.23. The summed E-state index contributed by atoms with van der Waals surface area (Å²) in [4.78, 5) is 26.6. The van der Waals surface area contributed by atoms with E-state index in [1.54, 1.807) is 12.1 Å². The van der Waals surface area contributed by atoms with Crippen LogP contribution in [0, 0.1) is 5.92 Å². The lowest BCUT2D eigenvalue weighted by Gasteiger charge is -2.26. The highest BCUT2D eigenvalue weighted by atomic mass is 16.3. The number of benzene rings is 1. The van der Waals surface area contributed by atoms with Crippen LogP contribution in [-0.2, 0) is 16.0 Å². The Morgan fingerprint density at radius 2 is 2.04 bits per heavy atom. The van der Waals surface area contributed by atoms with E-state index in [2.05, 4.69) is 17.6 Å². The summed E-state index contributed by atoms with van der Waals surface area (Å²) < 4.78 is 0. The third-order valence-corrected chi connectivity index (χ3v) is 4.50. The normalized spacial score (nSPS) is 24.3. The average molecular weight is 315 g/mol. The second-order valence-electron chi connectivity index (χ2n) is 6.17. The first kappa shape index (κ1) is 15.6. The van der Waals surface area contributed by atoms with E-state index in [0.29, 0.717) is 18.8 Å². The van der Waals surface area contributed by atoms with Crippen molar-refractivity contribution in [1.29, 1.82) is 0 Å². The predicted molar refractivity (Wildman–Crippen MR) is 87.0 cm³/mol. The highest BCUT2D eigenvalue weighted by Crippen LogP contribution is 2.28. The molecule has 0 bridgehead atoms. The average Bonchev–Trinajstić information content (AvgIpc) is 2.88. The third kappa shape index (κ3) is 2.94. The van der Waals surface area contributed by atoms with E-state index in [0.717, 1.165) is 12.0 Å². The lowest BCUT2D eigenvalue weighted by molar-refractivity contribution is -0.123. The molecule has 3 rings (SSSR count). The number of carbonyl (C=O) groups excluding carboxylic acids is 2. The standard InChI is InChI=1S/C17H21N3O3/c1-3-10-4-6-11(7-5-10)18-16(22)14-15(21)12-8-20(2)9-13(12)19-17(14)23/h4-7,12-13,21H,3,8-9H2,1-2H3,(H,18,22)(H,19,23)/t12-,13-/m0/s1. The number of amides is 2. The van der Waals surface area contributed by atoms with Crippen LogP contribution in [0.3, 0.4) is 0 Å². The number of rotatable bonds is 3. The maximum atomic E-state index is 12.4. The number of aliphatic hydroxyl groups excluding tert-OH is 1. The molecule has 2 heterocycles. The first-order chi connectivity index (χ1) is 11.0. The molecule has 2 atom stereocenters. The van der Waals surface area contributed by atoms with Gasteiger partial charge in [-0.1, -0.05) is 19.1 Å². The zero-order chi connectivity index (χ0) is 16.6. The van der Waals surface area contributed by atoms with Crippen molar-refractivity contribution in [3.8, 4) is 0 Å². The van der Waals surface area contributed by atoms with E-state index in [4.69, 9.17) is 0 Å². The van der Waals surface area contributed by atoms with Crippen molar-refractivity contribution in [2.45, 2.75) is 19.4 Å². The summed E-state index contributed by atoms with van der Waals surface area (Å²) in [6.07, 6.45) is 0.916. The number of likely N-dealkylation sites (tertiary alicyclic amines) is 1. The molecule has 6 heteroatoms. The zero-order valence-corrected chi connectivity index (χ0v) is 13.3. The summed E-state index contributed by atoms with van der Waals surface area (Å²) >= 11 is 0. The molecule has 1 fully saturated rings. The largest absolute Gasteiger partial charge is 0.511 e. The minimum absolute atomic E-state index is 0.106. The highest BCUT2D eigenvalue weighted by Gasteiger charge is 2.43. The van der Waals surface area contributed by atoms with Gasteiger partial charge in [-0.15, -0.1) is 0 Å². The monoisotopic (exact) mass is 315 g/mol. The molecule has 0 saturated carbocycles. The molecule has 2 amide bonds. The Balaban J connectivity index is 1.81. The number of carbonyl (C=O) groups is 2. The first-order valence-electron chi connectivity index (χ1n) is 7.82. The molecule has 2 aliphatic heterocycles. The van der Waals surface area contributed by atoms with Crippen molar-refractivity contribution < 1.29 is 14.7 Å². The lowest BCUT2D eigenvalue weighted by atomic mass is 9.92. The fourth-order valence-corrected chi connectivity index (χ4v) is 3.20. The van der Waals surface area contributed by atoms with Gasteiger partial charge in [0.05, 0.1) is 12.0 Å². The maximum Gasteiger partial charge on any atom is 0.264 e. The number of aliphatic hydroxyl groups is 1. The van der Waals surface area contributed by atoms with Crippen molar-refractivity contribution in [2.24, 2.45) is 5.92 Å². The molecule has 2 aliphatic rings. The van der Waals surface area contributed by atoms with Crippen molar-refractivity contribution in [2.75, 3.05) is 25.5 Å². The van der Waals surface area contributed by atoms with Crippen molar-refractivity contribution in [1.82, 2.24) is 10.2 Å². The lowest BCUT2D eigenvalue weighted by Crippen LogP contribution is -2.48. The summed E-state index contributed by atoms with van der Waals surface area (Å²) in [5.41, 5.74) is 1.59. The quantitative estimate of drug-likeness (QED) is 0.729. The van der Waals surface area contributed by atoms with Crippen LogP contribution in [0.1, 0.15) is 12.5 Å². The topological polar surface area (TPSA) is 81.7 Å². The van der Waals surface area contributed by atoms with Gasteiger partial charge in [-0.3, -0.25) is 9.59 Å². The van der Waals surface area contributed by atoms with Crippen LogP contribution in [0.4, 0.5) is 5.69 Å². The second kappa shape index (κ2) is 6.04. The Morgan fingerprint density at radius 3 is 2.70 bits per heavy atom. The van der Waals surface area contributed by atoms with Gasteiger partial charge in [0.25, 0.3) is 11.8 Å². The summed E-state index contributed by atoms with van der Waals surface area (Å²) in [6.45, 7) is 3.35. The molecule has 0 radical (unpaired) electrons. The van der Waals surface area contributed by atoms with Crippen LogP contribution < -0.4 is 10.6 Å². The van der Waals surface area contributed by atoms with Gasteiger partial charge < -0.3 is 20.6 Å². The van der Waals surface area contributed by atoms with Gasteiger partial charge in [-0.25, -0.2) is 0 Å². The Morgan fingerprint density at radius 1 is 1.35 bits per heavy atom. The van der Waals surface area contributed by atoms with Gasteiger partial charge in [-0.05, 0) is 31.2 Å². The van der Waals surface area contributed by atoms with E-state index in [1.807, 2.05) is 24.1 Å². The molecule has 1 saturated heterocycles. The number of nitrogens with one attached hydrogen (secondary N) is 2. The van der Waals surface area contributed by atoms with Crippen LogP contribution in [0.2, 0.25) is 0 Å². The van der Waals surface area contributed by atoms with E-state index in [9.17, 15) is 14.7 Å². The Bertz CT molecular complexity index is 666. The van der Waals surface area contributed by atoms with Crippen molar-refractivity contribution in [3.05, 3.63) is 41.2 Å². The summed E-state index contributed by atoms with van der Waals surface area (Å²) in [6, 6.07) is 7.30. The molecule has 0 aromatic heterocycles. The second-order valence-corrected chi connectivity index (χ2v) is 6.17. The smallest absolute Gasteiger partial charge is 0.264 e. The molecular formula is C17H21N3O3. The molecule has 0 spiro atoms. The molecule has 23 heavy (non-hydrogen) atoms. The predicted octanol–water partition coefficient (Wildman–Crippen LogP) is 1.06. The van der Waals surface area contributed by atoms with Gasteiger partial charge >= 0.3 is 0 Å². The van der Waals surface area contributed by atoms with Crippen LogP contribution in [0.15, 0.2) is 35.6 Å². The van der Waals surface area contributed by atoms with Gasteiger partial charge in [0.2, 0.25) is 0 Å². The Hall–Kier alpha value is -2.34. The van der Waals surface area contributed by atoms with Crippen LogP contribution in [-0.4, -0.2) is 48.0 Å². The molecule has 122 valence electrons. The first-order valence-corrected chi connectivity index (χ1v) is 7.82. The zero-order valence-electron chi connectivity index (χ0n) is 13.3. The maximum absolute atomic E-state index is 12.4. The van der Waals surface area contributed by atoms with Crippen LogP contribution in [0.25, 0.3) is 0 Å². The summed E-state index contributed by atoms with van der Waals surface area (Å²) in [5.74, 6) is -1.41. The number of nitrogens with zero attached hydrogens (tertiary/aromatic N) is 1. The van der Waals surface area contributed by atoms with Crippen LogP contribution in [0.5, 0.6) is 0 Å². The SMILES string of the molecule is CCc1ccc(NC(=O)C2=C(O)[C@H]3CN(C)C[C@@H]3NC2=O)cc1. The number of anilines is 1. The van der Waals surface area contributed by atoms with E-state index >= 15 is 0 Å². The third-order valence-electron chi connectivity index (χ3n) is 4.50. The van der Waals surface area contributed by atoms with E-state index in [1.165, 1.54) is 0 Å². The molecule has 1 aromatic rings. The molecule has 6 nitrogen and oxygen atoms in total. The Kier molecular flexibility index (Phi) is 4.09. The van der Waals surface area contributed by atoms with Gasteiger partial charge in [0.1, 0.15) is 11.3 Å². The molecule has 0 aliphatic carbocycles. The number of aryl methyl sites for hydroxylation is 1. The number of hydrogen-bond acceptors (Lipinski definition) is 4. The van der Waals surface area contributed by atoms with E-state index < -0.39 is 11.8 Å². The molecule has 1 aromatic carbocycles. The van der Waals surface area contributed by atoms with Gasteiger partial charge in [0, 0.05) is 18.8 Å². The number of likely N-dealkylation sites (N-methyl/N-ethyl adjacent to an activating group) is 1. The molecule has 3 N–H and O–H groups in total. The van der Waals surface area contributed by atoms with Crippen LogP contribution >= 0.6 is 0 Å². The van der Waals surface area contributed by atoms with E-state index in [-0.39, 0.29) is 23.3 Å². The fourth-order valence-electron chi connectivity index (χ4n) is 3.20.